The third kappa shape index (κ3) is 5.08. The van der Waals surface area contributed by atoms with E-state index >= 15 is 0 Å². The number of hydrogen-bond donors (Lipinski definition) is 1. The van der Waals surface area contributed by atoms with Crippen LogP contribution in [0.5, 0.6) is 0 Å². The second-order valence-electron chi connectivity index (χ2n) is 6.92. The molecule has 0 bridgehead atoms. The van der Waals surface area contributed by atoms with Gasteiger partial charge in [-0.15, -0.1) is 23.1 Å². The smallest absolute Gasteiger partial charge is 0.288 e. The van der Waals surface area contributed by atoms with Crippen LogP contribution in [0.3, 0.4) is 0 Å². The van der Waals surface area contributed by atoms with E-state index in [0.29, 0.717) is 12.2 Å². The van der Waals surface area contributed by atoms with Crippen molar-refractivity contribution >= 4 is 62.1 Å². The molecule has 0 atom stereocenters. The molecule has 3 amide bonds. The number of carbonyl (C=O) groups excluding carboxylic acids is 3. The summed E-state index contributed by atoms with van der Waals surface area (Å²) in [4.78, 5) is 46.2. The molecular formula is C21H20N4O3S3. The van der Waals surface area contributed by atoms with Gasteiger partial charge in [-0.1, -0.05) is 41.6 Å². The first-order valence-electron chi connectivity index (χ1n) is 9.69. The number of thioether (sulfide) groups is 2. The van der Waals surface area contributed by atoms with E-state index in [0.717, 1.165) is 38.1 Å². The van der Waals surface area contributed by atoms with Gasteiger partial charge in [0.2, 0.25) is 11.8 Å². The fourth-order valence-electron chi connectivity index (χ4n) is 3.14. The second-order valence-corrected chi connectivity index (χ2v) is 9.79. The minimum atomic E-state index is -0.247. The molecule has 3 heterocycles. The Morgan fingerprint density at radius 2 is 2.03 bits per heavy atom. The van der Waals surface area contributed by atoms with Gasteiger partial charge in [0.1, 0.15) is 16.2 Å². The molecule has 0 radical (unpaired) electrons. The van der Waals surface area contributed by atoms with Crippen molar-refractivity contribution in [1.82, 2.24) is 20.2 Å². The molecule has 0 aliphatic carbocycles. The molecule has 4 rings (SSSR count). The number of imide groups is 1. The number of fused-ring (bicyclic) bond motifs is 1. The molecule has 160 valence electrons. The van der Waals surface area contributed by atoms with Crippen molar-refractivity contribution in [3.05, 3.63) is 41.5 Å². The van der Waals surface area contributed by atoms with E-state index in [-0.39, 0.29) is 35.9 Å². The van der Waals surface area contributed by atoms with Gasteiger partial charge in [-0.2, -0.15) is 0 Å². The Bertz CT molecular complexity index is 1110. The van der Waals surface area contributed by atoms with Crippen LogP contribution in [0.2, 0.25) is 0 Å². The second kappa shape index (κ2) is 9.80. The Morgan fingerprint density at radius 1 is 1.23 bits per heavy atom. The van der Waals surface area contributed by atoms with Crippen molar-refractivity contribution < 1.29 is 14.4 Å². The van der Waals surface area contributed by atoms with E-state index in [1.54, 1.807) is 17.7 Å². The first kappa shape index (κ1) is 21.8. The van der Waals surface area contributed by atoms with E-state index in [1.807, 2.05) is 0 Å². The first-order valence-corrected chi connectivity index (χ1v) is 12.5. The number of hydrogen-bond acceptors (Lipinski definition) is 8. The fraction of sp³-hybridized carbons (Fsp3) is 0.286. The van der Waals surface area contributed by atoms with E-state index in [1.165, 1.54) is 22.2 Å². The summed E-state index contributed by atoms with van der Waals surface area (Å²) in [6.45, 7) is 2.54. The summed E-state index contributed by atoms with van der Waals surface area (Å²) in [5.74, 6) is 0.434. The zero-order valence-electron chi connectivity index (χ0n) is 16.8. The summed E-state index contributed by atoms with van der Waals surface area (Å²) in [7, 11) is 0. The lowest BCUT2D eigenvalue weighted by Crippen LogP contribution is -2.37. The number of amides is 3. The van der Waals surface area contributed by atoms with Crippen LogP contribution in [-0.2, 0) is 9.59 Å². The Balaban J connectivity index is 1.34. The molecule has 2 aromatic heterocycles. The van der Waals surface area contributed by atoms with Crippen LogP contribution < -0.4 is 5.32 Å². The summed E-state index contributed by atoms with van der Waals surface area (Å²) in [5.41, 5.74) is 3.43. The summed E-state index contributed by atoms with van der Waals surface area (Å²) < 4.78 is 0. The van der Waals surface area contributed by atoms with Crippen LogP contribution in [0.1, 0.15) is 12.0 Å². The van der Waals surface area contributed by atoms with Crippen molar-refractivity contribution in [3.63, 3.8) is 0 Å². The van der Waals surface area contributed by atoms with Crippen molar-refractivity contribution in [3.8, 4) is 11.1 Å². The Morgan fingerprint density at radius 3 is 2.77 bits per heavy atom. The van der Waals surface area contributed by atoms with Crippen molar-refractivity contribution in [2.24, 2.45) is 0 Å². The summed E-state index contributed by atoms with van der Waals surface area (Å²) in [5, 5.41) is 6.50. The van der Waals surface area contributed by atoms with Gasteiger partial charge in [0, 0.05) is 36.2 Å². The molecule has 3 aromatic rings. The predicted molar refractivity (Wildman–Crippen MR) is 126 cm³/mol. The SMILES string of the molecule is Cc1ccc(-c2csc3ncnc(SCCC(=O)NCCN4C(=O)CSC4=O)c23)cc1. The topological polar surface area (TPSA) is 92.3 Å². The predicted octanol–water partition coefficient (Wildman–Crippen LogP) is 3.96. The van der Waals surface area contributed by atoms with Gasteiger partial charge < -0.3 is 5.32 Å². The molecule has 0 spiro atoms. The standard InChI is InChI=1S/C21H20N4O3S3/c1-13-2-4-14(5-3-13)15-10-30-20-18(15)19(23-12-24-20)29-9-6-16(26)22-7-8-25-17(27)11-31-21(25)28/h2-5,10,12H,6-9,11H2,1H3,(H,22,26). The minimum Gasteiger partial charge on any atom is -0.354 e. The van der Waals surface area contributed by atoms with Gasteiger partial charge in [-0.25, -0.2) is 9.97 Å². The maximum atomic E-state index is 12.2. The zero-order chi connectivity index (χ0) is 21.8. The van der Waals surface area contributed by atoms with Crippen molar-refractivity contribution in [2.75, 3.05) is 24.6 Å². The molecule has 1 N–H and O–H groups in total. The number of thiophene rings is 1. The number of rotatable bonds is 8. The van der Waals surface area contributed by atoms with E-state index in [4.69, 9.17) is 0 Å². The highest BCUT2D eigenvalue weighted by Gasteiger charge is 2.29. The molecular weight excluding hydrogens is 452 g/mol. The third-order valence-corrected chi connectivity index (χ3v) is 7.50. The molecule has 1 aliphatic rings. The molecule has 0 unspecified atom stereocenters. The molecule has 10 heteroatoms. The highest BCUT2D eigenvalue weighted by molar-refractivity contribution is 8.14. The molecule has 7 nitrogen and oxygen atoms in total. The van der Waals surface area contributed by atoms with E-state index in [9.17, 15) is 14.4 Å². The third-order valence-electron chi connectivity index (χ3n) is 4.76. The maximum Gasteiger partial charge on any atom is 0.288 e. The minimum absolute atomic E-state index is 0.117. The quantitative estimate of drug-likeness (QED) is 0.392. The van der Waals surface area contributed by atoms with Crippen LogP contribution >= 0.6 is 34.9 Å². The Hall–Kier alpha value is -2.43. The van der Waals surface area contributed by atoms with Crippen molar-refractivity contribution in [2.45, 2.75) is 18.4 Å². The summed E-state index contributed by atoms with van der Waals surface area (Å²) in [6, 6.07) is 8.36. The largest absolute Gasteiger partial charge is 0.354 e. The number of aromatic nitrogens is 2. The van der Waals surface area contributed by atoms with Crippen LogP contribution in [0.15, 0.2) is 41.0 Å². The van der Waals surface area contributed by atoms with Gasteiger partial charge in [0.15, 0.2) is 0 Å². The normalized spacial score (nSPS) is 13.9. The Kier molecular flexibility index (Phi) is 6.89. The summed E-state index contributed by atoms with van der Waals surface area (Å²) in [6.07, 6.45) is 1.87. The molecule has 31 heavy (non-hydrogen) atoms. The molecule has 1 saturated heterocycles. The van der Waals surface area contributed by atoms with E-state index < -0.39 is 0 Å². The number of benzene rings is 1. The van der Waals surface area contributed by atoms with Crippen LogP contribution in [0, 0.1) is 6.92 Å². The lowest BCUT2D eigenvalue weighted by Gasteiger charge is -2.13. The lowest BCUT2D eigenvalue weighted by molar-refractivity contribution is -0.125. The van der Waals surface area contributed by atoms with Crippen LogP contribution in [0.25, 0.3) is 21.3 Å². The van der Waals surface area contributed by atoms with Gasteiger partial charge >= 0.3 is 0 Å². The number of aryl methyl sites for hydroxylation is 1. The first-order chi connectivity index (χ1) is 15.0. The number of nitrogens with zero attached hydrogens (tertiary/aromatic N) is 3. The zero-order valence-corrected chi connectivity index (χ0v) is 19.2. The summed E-state index contributed by atoms with van der Waals surface area (Å²) >= 11 is 4.11. The Labute approximate surface area is 192 Å². The van der Waals surface area contributed by atoms with Gasteiger partial charge in [-0.05, 0) is 12.5 Å². The van der Waals surface area contributed by atoms with Crippen molar-refractivity contribution in [1.29, 1.82) is 0 Å². The van der Waals surface area contributed by atoms with Gasteiger partial charge in [-0.3, -0.25) is 19.3 Å². The van der Waals surface area contributed by atoms with Crippen LogP contribution in [-0.4, -0.2) is 56.5 Å². The molecule has 1 aliphatic heterocycles. The van der Waals surface area contributed by atoms with Gasteiger partial charge in [0.25, 0.3) is 5.24 Å². The lowest BCUT2D eigenvalue weighted by atomic mass is 10.1. The van der Waals surface area contributed by atoms with Crippen LogP contribution in [0.4, 0.5) is 4.79 Å². The molecule has 0 saturated carbocycles. The number of nitrogens with one attached hydrogen (secondary N) is 1. The maximum absolute atomic E-state index is 12.2. The molecule has 1 fully saturated rings. The highest BCUT2D eigenvalue weighted by Crippen LogP contribution is 2.38. The molecule has 1 aromatic carbocycles. The average Bonchev–Trinajstić information content (AvgIpc) is 3.33. The average molecular weight is 473 g/mol. The van der Waals surface area contributed by atoms with Gasteiger partial charge in [0.05, 0.1) is 11.1 Å². The fourth-order valence-corrected chi connectivity index (χ4v) is 5.82. The highest BCUT2D eigenvalue weighted by atomic mass is 32.2. The monoisotopic (exact) mass is 472 g/mol. The number of carbonyl (C=O) groups is 3. The van der Waals surface area contributed by atoms with E-state index in [2.05, 4.69) is 51.9 Å².